The largest absolute Gasteiger partial charge is 0.490 e. The molecule has 3 nitrogen and oxygen atoms in total. The molecule has 6 heteroatoms. The Morgan fingerprint density at radius 2 is 1.73 bits per heavy atom. The van der Waals surface area contributed by atoms with Crippen LogP contribution in [0.3, 0.4) is 0 Å². The molecule has 22 heavy (non-hydrogen) atoms. The zero-order chi connectivity index (χ0) is 16.1. The third kappa shape index (κ3) is 4.12. The van der Waals surface area contributed by atoms with Crippen molar-refractivity contribution in [1.29, 1.82) is 0 Å². The Morgan fingerprint density at radius 1 is 1.05 bits per heavy atom. The molecule has 0 saturated heterocycles. The molecule has 0 saturated carbocycles. The van der Waals surface area contributed by atoms with Gasteiger partial charge in [0.2, 0.25) is 0 Å². The summed E-state index contributed by atoms with van der Waals surface area (Å²) in [5, 5.41) is 0. The van der Waals surface area contributed by atoms with Gasteiger partial charge in [-0.3, -0.25) is 4.79 Å². The molecule has 0 aliphatic carbocycles. The van der Waals surface area contributed by atoms with Gasteiger partial charge in [0.1, 0.15) is 6.61 Å². The van der Waals surface area contributed by atoms with Gasteiger partial charge in [-0.1, -0.05) is 28.1 Å². The number of carbonyl (C=O) groups is 1. The van der Waals surface area contributed by atoms with Gasteiger partial charge in [0.15, 0.2) is 17.8 Å². The van der Waals surface area contributed by atoms with E-state index in [1.165, 1.54) is 0 Å². The van der Waals surface area contributed by atoms with E-state index in [2.05, 4.69) is 47.8 Å². The lowest BCUT2D eigenvalue weighted by molar-refractivity contribution is 0.112. The second kappa shape index (κ2) is 8.13. The number of benzene rings is 2. The molecule has 0 fully saturated rings. The number of hydrogen-bond acceptors (Lipinski definition) is 3. The van der Waals surface area contributed by atoms with Gasteiger partial charge >= 0.3 is 0 Å². The fraction of sp³-hybridized carbons (Fsp3) is 0.188. The Bertz CT molecular complexity index is 669. The Morgan fingerprint density at radius 3 is 2.32 bits per heavy atom. The van der Waals surface area contributed by atoms with Crippen LogP contribution in [-0.4, -0.2) is 12.9 Å². The minimum atomic E-state index is 0.402. The van der Waals surface area contributed by atoms with Gasteiger partial charge in [0, 0.05) is 14.5 Å². The maximum atomic E-state index is 11.1. The van der Waals surface area contributed by atoms with Gasteiger partial charge in [-0.2, -0.15) is 0 Å². The highest BCUT2D eigenvalue weighted by Crippen LogP contribution is 2.42. The van der Waals surface area contributed by atoms with Crippen LogP contribution in [0.5, 0.6) is 11.5 Å². The van der Waals surface area contributed by atoms with E-state index in [-0.39, 0.29) is 0 Å². The maximum Gasteiger partial charge on any atom is 0.177 e. The molecule has 0 aliphatic heterocycles. The van der Waals surface area contributed by atoms with Crippen LogP contribution in [0.15, 0.2) is 43.7 Å². The molecule has 0 unspecified atom stereocenters. The SMILES string of the molecule is CCOc1cc(C=O)c(Br)c(Br)c1OCc1ccc(Br)cc1. The van der Waals surface area contributed by atoms with E-state index in [1.54, 1.807) is 6.07 Å². The lowest BCUT2D eigenvalue weighted by Crippen LogP contribution is -2.02. The van der Waals surface area contributed by atoms with E-state index < -0.39 is 0 Å². The van der Waals surface area contributed by atoms with Crippen LogP contribution in [0.2, 0.25) is 0 Å². The molecule has 0 amide bonds. The monoisotopic (exact) mass is 490 g/mol. The van der Waals surface area contributed by atoms with Crippen LogP contribution >= 0.6 is 47.8 Å². The van der Waals surface area contributed by atoms with Crippen molar-refractivity contribution < 1.29 is 14.3 Å². The highest BCUT2D eigenvalue weighted by atomic mass is 79.9. The number of carbonyl (C=O) groups excluding carboxylic acids is 1. The van der Waals surface area contributed by atoms with Gasteiger partial charge < -0.3 is 9.47 Å². The molecule has 2 aromatic carbocycles. The summed E-state index contributed by atoms with van der Waals surface area (Å²) in [6, 6.07) is 9.55. The van der Waals surface area contributed by atoms with Crippen molar-refractivity contribution in [3.8, 4) is 11.5 Å². The average molecular weight is 493 g/mol. The highest BCUT2D eigenvalue weighted by molar-refractivity contribution is 9.13. The van der Waals surface area contributed by atoms with Gasteiger partial charge in [-0.05, 0) is 62.5 Å². The second-order valence-electron chi connectivity index (χ2n) is 4.39. The highest BCUT2D eigenvalue weighted by Gasteiger charge is 2.17. The predicted molar refractivity (Wildman–Crippen MR) is 96.9 cm³/mol. The van der Waals surface area contributed by atoms with Crippen LogP contribution < -0.4 is 9.47 Å². The normalized spacial score (nSPS) is 10.4. The summed E-state index contributed by atoms with van der Waals surface area (Å²) in [6.45, 7) is 2.77. The first-order valence-electron chi connectivity index (χ1n) is 6.54. The third-order valence-electron chi connectivity index (χ3n) is 2.88. The Kier molecular flexibility index (Phi) is 6.47. The molecule has 2 aromatic rings. The smallest absolute Gasteiger partial charge is 0.177 e. The molecule has 0 aliphatic rings. The van der Waals surface area contributed by atoms with Crippen LogP contribution in [0.25, 0.3) is 0 Å². The molecule has 116 valence electrons. The molecule has 0 spiro atoms. The molecule has 0 heterocycles. The van der Waals surface area contributed by atoms with Crippen LogP contribution in [0, 0.1) is 0 Å². The first kappa shape index (κ1) is 17.5. The van der Waals surface area contributed by atoms with Gasteiger partial charge in [0.25, 0.3) is 0 Å². The van der Waals surface area contributed by atoms with E-state index in [4.69, 9.17) is 9.47 Å². The van der Waals surface area contributed by atoms with Crippen LogP contribution in [0.1, 0.15) is 22.8 Å². The lowest BCUT2D eigenvalue weighted by Gasteiger charge is -2.16. The fourth-order valence-corrected chi connectivity index (χ4v) is 3.01. The van der Waals surface area contributed by atoms with E-state index in [0.717, 1.165) is 16.3 Å². The molecule has 0 N–H and O–H groups in total. The molecule has 0 aromatic heterocycles. The average Bonchev–Trinajstić information content (AvgIpc) is 2.52. The van der Waals surface area contributed by atoms with Crippen LogP contribution in [-0.2, 0) is 6.61 Å². The molecule has 0 radical (unpaired) electrons. The van der Waals surface area contributed by atoms with E-state index in [0.29, 0.717) is 39.2 Å². The fourth-order valence-electron chi connectivity index (χ4n) is 1.82. The quantitative estimate of drug-likeness (QED) is 0.481. The number of ether oxygens (including phenoxy) is 2. The second-order valence-corrected chi connectivity index (χ2v) is 6.89. The molecule has 2 rings (SSSR count). The van der Waals surface area contributed by atoms with Crippen molar-refractivity contribution in [2.75, 3.05) is 6.61 Å². The zero-order valence-electron chi connectivity index (χ0n) is 11.7. The van der Waals surface area contributed by atoms with Gasteiger partial charge in [0.05, 0.1) is 11.1 Å². The van der Waals surface area contributed by atoms with Gasteiger partial charge in [-0.25, -0.2) is 0 Å². The van der Waals surface area contributed by atoms with E-state index in [1.807, 2.05) is 31.2 Å². The van der Waals surface area contributed by atoms with Crippen molar-refractivity contribution in [2.24, 2.45) is 0 Å². The van der Waals surface area contributed by atoms with Crippen molar-refractivity contribution in [2.45, 2.75) is 13.5 Å². The summed E-state index contributed by atoms with van der Waals surface area (Å²) in [4.78, 5) is 11.1. The van der Waals surface area contributed by atoms with E-state index >= 15 is 0 Å². The Hall–Kier alpha value is -0.850. The standard InChI is InChI=1S/C16H13Br3O3/c1-2-21-13-7-11(8-20)14(18)15(19)16(13)22-9-10-3-5-12(17)6-4-10/h3-8H,2,9H2,1H3. The molecule has 0 bridgehead atoms. The zero-order valence-corrected chi connectivity index (χ0v) is 16.5. The molecule has 0 atom stereocenters. The Labute approximate surface area is 154 Å². The van der Waals surface area contributed by atoms with Crippen molar-refractivity contribution in [1.82, 2.24) is 0 Å². The Balaban J connectivity index is 2.30. The van der Waals surface area contributed by atoms with Gasteiger partial charge in [-0.15, -0.1) is 0 Å². The third-order valence-corrected chi connectivity index (χ3v) is 5.55. The topological polar surface area (TPSA) is 35.5 Å². The summed E-state index contributed by atoms with van der Waals surface area (Å²) < 4.78 is 13.8. The van der Waals surface area contributed by atoms with Crippen LogP contribution in [0.4, 0.5) is 0 Å². The number of rotatable bonds is 6. The van der Waals surface area contributed by atoms with Crippen molar-refractivity contribution in [3.05, 3.63) is 54.9 Å². The molecular weight excluding hydrogens is 480 g/mol. The van der Waals surface area contributed by atoms with Crippen molar-refractivity contribution in [3.63, 3.8) is 0 Å². The minimum absolute atomic E-state index is 0.402. The number of halogens is 3. The summed E-state index contributed by atoms with van der Waals surface area (Å²) >= 11 is 10.3. The molecular formula is C16H13Br3O3. The lowest BCUT2D eigenvalue weighted by atomic mass is 10.2. The predicted octanol–water partition coefficient (Wildman–Crippen LogP) is 5.76. The first-order valence-corrected chi connectivity index (χ1v) is 8.92. The van der Waals surface area contributed by atoms with E-state index in [9.17, 15) is 4.79 Å². The summed E-state index contributed by atoms with van der Waals surface area (Å²) in [6.07, 6.45) is 0.774. The van der Waals surface area contributed by atoms with Crippen molar-refractivity contribution >= 4 is 54.1 Å². The summed E-state index contributed by atoms with van der Waals surface area (Å²) in [7, 11) is 0. The summed E-state index contributed by atoms with van der Waals surface area (Å²) in [5.41, 5.74) is 1.54. The first-order chi connectivity index (χ1) is 10.6. The number of aldehydes is 1. The maximum absolute atomic E-state index is 11.1. The minimum Gasteiger partial charge on any atom is -0.490 e. The number of hydrogen-bond donors (Lipinski definition) is 0. The summed E-state index contributed by atoms with van der Waals surface area (Å²) in [5.74, 6) is 1.11.